The first-order chi connectivity index (χ1) is 8.11. The average Bonchev–Trinajstić information content (AvgIpc) is 2.54. The Balaban J connectivity index is 2.16. The molecule has 2 rings (SSSR count). The van der Waals surface area contributed by atoms with E-state index in [1.807, 2.05) is 24.3 Å². The molecule has 1 aliphatic heterocycles. The summed E-state index contributed by atoms with van der Waals surface area (Å²) in [5, 5.41) is 0. The van der Waals surface area contributed by atoms with Crippen molar-refractivity contribution in [2.24, 2.45) is 0 Å². The van der Waals surface area contributed by atoms with Crippen molar-refractivity contribution in [2.75, 3.05) is 6.54 Å². The monoisotopic (exact) mass is 245 g/mol. The number of thiocarbonyl (C=S) groups is 1. The molecule has 0 unspecified atom stereocenters. The van der Waals surface area contributed by atoms with Crippen LogP contribution in [0.5, 0.6) is 0 Å². The van der Waals surface area contributed by atoms with Crippen molar-refractivity contribution in [2.45, 2.75) is 20.3 Å². The predicted octanol–water partition coefficient (Wildman–Crippen LogP) is 3.17. The average molecular weight is 245 g/mol. The van der Waals surface area contributed by atoms with E-state index in [9.17, 15) is 4.79 Å². The Morgan fingerprint density at radius 2 is 1.94 bits per heavy atom. The van der Waals surface area contributed by atoms with Crippen LogP contribution in [0.15, 0.2) is 35.9 Å². The van der Waals surface area contributed by atoms with Gasteiger partial charge in [0.1, 0.15) is 4.99 Å². The molecule has 0 saturated heterocycles. The highest BCUT2D eigenvalue weighted by Gasteiger charge is 2.31. The van der Waals surface area contributed by atoms with Gasteiger partial charge in [-0.2, -0.15) is 0 Å². The van der Waals surface area contributed by atoms with Crippen molar-refractivity contribution in [3.05, 3.63) is 47.0 Å². The lowest BCUT2D eigenvalue weighted by molar-refractivity contribution is 0.0863. The van der Waals surface area contributed by atoms with Crippen LogP contribution in [0.2, 0.25) is 0 Å². The molecule has 0 radical (unpaired) electrons. The second-order valence-corrected chi connectivity index (χ2v) is 4.76. The first-order valence-corrected chi connectivity index (χ1v) is 6.10. The number of hydrogen-bond donors (Lipinski definition) is 0. The molecular formula is C14H15NOS. The number of fused-ring (bicyclic) bond motifs is 1. The molecule has 1 heterocycles. The molecule has 0 aromatic heterocycles. The van der Waals surface area contributed by atoms with Gasteiger partial charge in [-0.3, -0.25) is 9.69 Å². The molecule has 88 valence electrons. The summed E-state index contributed by atoms with van der Waals surface area (Å²) in [5.41, 5.74) is 2.89. The number of amides is 1. The summed E-state index contributed by atoms with van der Waals surface area (Å²) in [6, 6.07) is 7.54. The summed E-state index contributed by atoms with van der Waals surface area (Å²) >= 11 is 5.34. The third-order valence-electron chi connectivity index (χ3n) is 2.78. The Labute approximate surface area is 107 Å². The molecule has 0 bridgehead atoms. The number of nitrogens with zero attached hydrogens (tertiary/aromatic N) is 1. The molecule has 1 aliphatic rings. The van der Waals surface area contributed by atoms with E-state index in [2.05, 4.69) is 19.9 Å². The van der Waals surface area contributed by atoms with Crippen LogP contribution < -0.4 is 0 Å². The van der Waals surface area contributed by atoms with E-state index in [0.29, 0.717) is 11.5 Å². The minimum absolute atomic E-state index is 0.0350. The highest BCUT2D eigenvalue weighted by Crippen LogP contribution is 2.23. The Morgan fingerprint density at radius 1 is 1.29 bits per heavy atom. The first kappa shape index (κ1) is 12.0. The van der Waals surface area contributed by atoms with Crippen LogP contribution in [0.4, 0.5) is 0 Å². The topological polar surface area (TPSA) is 20.3 Å². The Morgan fingerprint density at radius 3 is 2.53 bits per heavy atom. The SMILES string of the molecule is CC(C)=CCCN1C(=O)c2ccccc2C1=S. The third kappa shape index (κ3) is 2.29. The van der Waals surface area contributed by atoms with Crippen LogP contribution in [0.25, 0.3) is 0 Å². The fourth-order valence-corrected chi connectivity index (χ4v) is 2.28. The molecule has 17 heavy (non-hydrogen) atoms. The van der Waals surface area contributed by atoms with E-state index in [-0.39, 0.29) is 5.91 Å². The van der Waals surface area contributed by atoms with Crippen LogP contribution >= 0.6 is 12.2 Å². The van der Waals surface area contributed by atoms with Gasteiger partial charge in [-0.25, -0.2) is 0 Å². The van der Waals surface area contributed by atoms with E-state index >= 15 is 0 Å². The second kappa shape index (κ2) is 4.80. The van der Waals surface area contributed by atoms with Crippen molar-refractivity contribution < 1.29 is 4.79 Å². The molecule has 0 spiro atoms. The predicted molar refractivity (Wildman–Crippen MR) is 73.2 cm³/mol. The van der Waals surface area contributed by atoms with Crippen LogP contribution in [0.3, 0.4) is 0 Å². The molecule has 0 fully saturated rings. The normalized spacial score (nSPS) is 13.9. The van der Waals surface area contributed by atoms with Gasteiger partial charge in [0.15, 0.2) is 0 Å². The smallest absolute Gasteiger partial charge is 0.259 e. The lowest BCUT2D eigenvalue weighted by Crippen LogP contribution is -2.29. The summed E-state index contributed by atoms with van der Waals surface area (Å²) < 4.78 is 0. The van der Waals surface area contributed by atoms with Gasteiger partial charge < -0.3 is 0 Å². The van der Waals surface area contributed by atoms with Crippen molar-refractivity contribution in [1.29, 1.82) is 0 Å². The van der Waals surface area contributed by atoms with Gasteiger partial charge in [-0.15, -0.1) is 0 Å². The second-order valence-electron chi connectivity index (χ2n) is 4.38. The lowest BCUT2D eigenvalue weighted by Gasteiger charge is -2.14. The molecule has 1 aromatic rings. The third-order valence-corrected chi connectivity index (χ3v) is 3.22. The molecule has 0 aliphatic carbocycles. The molecule has 0 saturated carbocycles. The largest absolute Gasteiger partial charge is 0.298 e. The lowest BCUT2D eigenvalue weighted by atomic mass is 10.1. The number of carbonyl (C=O) groups is 1. The number of benzene rings is 1. The number of carbonyl (C=O) groups excluding carboxylic acids is 1. The standard InChI is InChI=1S/C14H15NOS/c1-10(2)6-5-9-15-13(16)11-7-3-4-8-12(11)14(15)17/h3-4,6-8H,5,9H2,1-2H3. The zero-order valence-corrected chi connectivity index (χ0v) is 10.9. The van der Waals surface area contributed by atoms with Gasteiger partial charge in [0.2, 0.25) is 0 Å². The Hall–Kier alpha value is -1.48. The van der Waals surface area contributed by atoms with Gasteiger partial charge in [0.25, 0.3) is 5.91 Å². The van der Waals surface area contributed by atoms with E-state index in [0.717, 1.165) is 17.5 Å². The van der Waals surface area contributed by atoms with E-state index in [1.54, 1.807) is 4.90 Å². The van der Waals surface area contributed by atoms with Crippen molar-refractivity contribution in [3.63, 3.8) is 0 Å². The summed E-state index contributed by atoms with van der Waals surface area (Å²) in [6.07, 6.45) is 2.97. The summed E-state index contributed by atoms with van der Waals surface area (Å²) in [6.45, 7) is 4.77. The highest BCUT2D eigenvalue weighted by atomic mass is 32.1. The first-order valence-electron chi connectivity index (χ1n) is 5.70. The van der Waals surface area contributed by atoms with Gasteiger partial charge >= 0.3 is 0 Å². The fourth-order valence-electron chi connectivity index (χ4n) is 1.92. The number of hydrogen-bond acceptors (Lipinski definition) is 2. The van der Waals surface area contributed by atoms with E-state index < -0.39 is 0 Å². The number of allylic oxidation sites excluding steroid dienone is 1. The number of rotatable bonds is 3. The Bertz CT molecular complexity index is 466. The maximum Gasteiger partial charge on any atom is 0.259 e. The minimum atomic E-state index is 0.0350. The Kier molecular flexibility index (Phi) is 3.38. The highest BCUT2D eigenvalue weighted by molar-refractivity contribution is 7.80. The van der Waals surface area contributed by atoms with E-state index in [1.165, 1.54) is 5.57 Å². The summed E-state index contributed by atoms with van der Waals surface area (Å²) in [7, 11) is 0. The minimum Gasteiger partial charge on any atom is -0.298 e. The zero-order valence-electron chi connectivity index (χ0n) is 10.1. The molecule has 0 N–H and O–H groups in total. The van der Waals surface area contributed by atoms with Crippen molar-refractivity contribution in [3.8, 4) is 0 Å². The molecule has 3 heteroatoms. The maximum atomic E-state index is 12.1. The molecule has 2 nitrogen and oxygen atoms in total. The maximum absolute atomic E-state index is 12.1. The molecular weight excluding hydrogens is 230 g/mol. The quantitative estimate of drug-likeness (QED) is 0.602. The van der Waals surface area contributed by atoms with Crippen LogP contribution in [-0.4, -0.2) is 22.3 Å². The summed E-state index contributed by atoms with van der Waals surface area (Å²) in [4.78, 5) is 14.5. The summed E-state index contributed by atoms with van der Waals surface area (Å²) in [5.74, 6) is 0.0350. The van der Waals surface area contributed by atoms with Gasteiger partial charge in [-0.05, 0) is 26.3 Å². The van der Waals surface area contributed by atoms with Gasteiger partial charge in [-0.1, -0.05) is 42.1 Å². The molecule has 0 atom stereocenters. The fraction of sp³-hybridized carbons (Fsp3) is 0.286. The van der Waals surface area contributed by atoms with Crippen LogP contribution in [-0.2, 0) is 0 Å². The van der Waals surface area contributed by atoms with Gasteiger partial charge in [0, 0.05) is 12.1 Å². The molecule has 1 aromatic carbocycles. The van der Waals surface area contributed by atoms with Gasteiger partial charge in [0.05, 0.1) is 5.56 Å². The van der Waals surface area contributed by atoms with Crippen molar-refractivity contribution in [1.82, 2.24) is 4.90 Å². The zero-order chi connectivity index (χ0) is 12.4. The molecule has 1 amide bonds. The van der Waals surface area contributed by atoms with Crippen LogP contribution in [0, 0.1) is 0 Å². The van der Waals surface area contributed by atoms with Crippen LogP contribution in [0.1, 0.15) is 36.2 Å². The van der Waals surface area contributed by atoms with Crippen molar-refractivity contribution >= 4 is 23.1 Å². The van der Waals surface area contributed by atoms with E-state index in [4.69, 9.17) is 12.2 Å².